The molecule has 2 atom stereocenters. The van der Waals surface area contributed by atoms with E-state index in [2.05, 4.69) is 25.6 Å². The van der Waals surface area contributed by atoms with E-state index < -0.39 is 59.4 Å². The molecule has 0 spiro atoms. The Bertz CT molecular complexity index is 2650. The zero-order valence-corrected chi connectivity index (χ0v) is 33.2. The minimum Gasteiger partial charge on any atom is -0.593 e. The molecular weight excluding hydrogens is 838 g/mol. The monoisotopic (exact) mass is 872 g/mol. The Hall–Kier alpha value is -5.86. The summed E-state index contributed by atoms with van der Waals surface area (Å²) in [7, 11) is 1.49. The predicted molar refractivity (Wildman–Crippen MR) is 213 cm³/mol. The largest absolute Gasteiger partial charge is 0.593 e. The Balaban J connectivity index is 1.42. The van der Waals surface area contributed by atoms with Crippen LogP contribution in [0.2, 0.25) is 5.02 Å². The summed E-state index contributed by atoms with van der Waals surface area (Å²) in [5.41, 5.74) is 0.716. The van der Waals surface area contributed by atoms with Crippen LogP contribution in [-0.2, 0) is 35.7 Å². The molecule has 3 aromatic heterocycles. The van der Waals surface area contributed by atoms with Crippen LogP contribution >= 0.6 is 11.6 Å². The predicted octanol–water partition coefficient (Wildman–Crippen LogP) is 6.51. The number of aromatic nitrogens is 6. The number of amides is 1. The van der Waals surface area contributed by atoms with Gasteiger partial charge in [0.2, 0.25) is 5.91 Å². The van der Waals surface area contributed by atoms with Crippen molar-refractivity contribution in [2.75, 3.05) is 18.6 Å². The second-order valence-corrected chi connectivity index (χ2v) is 15.6. The van der Waals surface area contributed by atoms with Crippen LogP contribution in [0, 0.1) is 17.0 Å². The van der Waals surface area contributed by atoms with Gasteiger partial charge in [-0.1, -0.05) is 17.7 Å². The average Bonchev–Trinajstić information content (AvgIpc) is 3.75. The van der Waals surface area contributed by atoms with Gasteiger partial charge in [-0.25, -0.2) is 22.5 Å². The van der Waals surface area contributed by atoms with E-state index in [4.69, 9.17) is 22.0 Å². The number of benzene rings is 3. The molecule has 60 heavy (non-hydrogen) atoms. The molecule has 1 aliphatic carbocycles. The van der Waals surface area contributed by atoms with Crippen molar-refractivity contribution in [2.24, 2.45) is 0 Å². The van der Waals surface area contributed by atoms with Gasteiger partial charge in [-0.2, -0.15) is 23.7 Å². The van der Waals surface area contributed by atoms with Gasteiger partial charge in [0.05, 0.1) is 61.7 Å². The minimum atomic E-state index is -4.36. The van der Waals surface area contributed by atoms with Crippen LogP contribution in [0.1, 0.15) is 47.4 Å². The van der Waals surface area contributed by atoms with Gasteiger partial charge in [0.25, 0.3) is 5.56 Å². The van der Waals surface area contributed by atoms with Crippen molar-refractivity contribution < 1.29 is 35.7 Å². The highest BCUT2D eigenvalue weighted by molar-refractivity contribution is 7.89. The van der Waals surface area contributed by atoms with Gasteiger partial charge >= 0.3 is 12.3 Å². The zero-order chi connectivity index (χ0) is 43.0. The summed E-state index contributed by atoms with van der Waals surface area (Å²) in [6.45, 7) is -1.67. The first kappa shape index (κ1) is 42.3. The van der Waals surface area contributed by atoms with Crippen molar-refractivity contribution in [3.05, 3.63) is 123 Å². The number of amidine groups is 1. The number of carbonyl (C=O) groups excluding carboxylic acids is 1. The zero-order valence-electron chi connectivity index (χ0n) is 31.7. The number of carbonyl (C=O) groups is 1. The number of fused-ring (bicyclic) bond motifs is 1. The molecule has 1 amide bonds. The normalized spacial score (nSPS) is 14.1. The van der Waals surface area contributed by atoms with Crippen molar-refractivity contribution in [3.63, 3.8) is 0 Å². The summed E-state index contributed by atoms with van der Waals surface area (Å²) >= 11 is 4.87. The molecule has 0 saturated heterocycles. The number of nitrogens with zero attached hydrogens (tertiary/aromatic N) is 6. The maximum Gasteiger partial charge on any atom is 0.326 e. The molecule has 3 heterocycles. The molecule has 0 aliphatic heterocycles. The summed E-state index contributed by atoms with van der Waals surface area (Å²) in [4.78, 5) is 33.6. The highest BCUT2D eigenvalue weighted by atomic mass is 35.5. The highest BCUT2D eigenvalue weighted by Crippen LogP contribution is 2.39. The van der Waals surface area contributed by atoms with Gasteiger partial charge in [0.15, 0.2) is 5.84 Å². The summed E-state index contributed by atoms with van der Waals surface area (Å²) in [6.07, 6.45) is 1.77. The number of nitrogens with one attached hydrogen (secondary N) is 4. The molecule has 0 bridgehead atoms. The topological polar surface area (TPSA) is 171 Å². The van der Waals surface area contributed by atoms with Gasteiger partial charge in [-0.3, -0.25) is 28.9 Å². The van der Waals surface area contributed by atoms with Gasteiger partial charge in [-0.05, 0) is 66.9 Å². The van der Waals surface area contributed by atoms with Crippen LogP contribution in [0.4, 0.5) is 32.0 Å². The molecule has 1 fully saturated rings. The molecule has 7 rings (SSSR count). The lowest BCUT2D eigenvalue weighted by molar-refractivity contribution is -0.139. The Labute approximate surface area is 345 Å². The van der Waals surface area contributed by atoms with E-state index in [1.54, 1.807) is 6.20 Å². The molecule has 4 N–H and O–H groups in total. The maximum absolute atomic E-state index is 14.9. The number of alkyl halides is 4. The molecule has 2 unspecified atom stereocenters. The lowest BCUT2D eigenvalue weighted by Gasteiger charge is -2.25. The molecule has 314 valence electrons. The Morgan fingerprint density at radius 3 is 2.42 bits per heavy atom. The van der Waals surface area contributed by atoms with E-state index in [0.29, 0.717) is 16.7 Å². The summed E-state index contributed by atoms with van der Waals surface area (Å²) < 4.78 is 101. The van der Waals surface area contributed by atoms with Crippen LogP contribution in [0.15, 0.2) is 77.9 Å². The SMILES string of the molecule is CNc1c(-n2c(C(Cc3cc(F)cc(F)c3)NC(=O)Cn3ccc(C4CC4)n3)nc3cc(-c4ccn(CC(F)(F)C(F)F)n4)ccc3c2=O)ccc(Cl)c1C(=N)N[S+](C)[O-]. The van der Waals surface area contributed by atoms with Crippen molar-refractivity contribution in [3.8, 4) is 16.9 Å². The van der Waals surface area contributed by atoms with Crippen LogP contribution in [0.3, 0.4) is 0 Å². The van der Waals surface area contributed by atoms with Gasteiger partial charge in [0.1, 0.15) is 36.8 Å². The molecular formula is C39H35ClF6N10O3S. The van der Waals surface area contributed by atoms with E-state index in [9.17, 15) is 40.5 Å². The number of hydrogen-bond acceptors (Lipinski definition) is 8. The quantitative estimate of drug-likeness (QED) is 0.0392. The van der Waals surface area contributed by atoms with Crippen LogP contribution in [0.5, 0.6) is 0 Å². The average molecular weight is 873 g/mol. The van der Waals surface area contributed by atoms with Crippen LogP contribution in [-0.4, -0.2) is 71.1 Å². The van der Waals surface area contributed by atoms with Crippen molar-refractivity contribution >= 4 is 51.3 Å². The fourth-order valence-electron chi connectivity index (χ4n) is 6.78. The highest BCUT2D eigenvalue weighted by Gasteiger charge is 2.41. The van der Waals surface area contributed by atoms with Crippen molar-refractivity contribution in [1.29, 1.82) is 5.41 Å². The Morgan fingerprint density at radius 1 is 1.03 bits per heavy atom. The Kier molecular flexibility index (Phi) is 12.0. The number of anilines is 1. The second kappa shape index (κ2) is 17.0. The first-order valence-corrected chi connectivity index (χ1v) is 20.2. The van der Waals surface area contributed by atoms with E-state index >= 15 is 0 Å². The first-order chi connectivity index (χ1) is 28.5. The van der Waals surface area contributed by atoms with Gasteiger partial charge < -0.3 is 15.2 Å². The van der Waals surface area contributed by atoms with Crippen LogP contribution in [0.25, 0.3) is 27.8 Å². The van der Waals surface area contributed by atoms with Crippen molar-refractivity contribution in [2.45, 2.75) is 56.7 Å². The van der Waals surface area contributed by atoms with E-state index in [-0.39, 0.29) is 74.3 Å². The number of rotatable bonds is 15. The third-order valence-corrected chi connectivity index (χ3v) is 10.4. The lowest BCUT2D eigenvalue weighted by Crippen LogP contribution is -2.37. The van der Waals surface area contributed by atoms with Gasteiger partial charge in [-0.15, -0.1) is 0 Å². The minimum absolute atomic E-state index is 0.00129. The van der Waals surface area contributed by atoms with Crippen molar-refractivity contribution in [1.82, 2.24) is 39.2 Å². The van der Waals surface area contributed by atoms with E-state index in [1.165, 1.54) is 54.4 Å². The third kappa shape index (κ3) is 9.14. The maximum atomic E-state index is 14.9. The summed E-state index contributed by atoms with van der Waals surface area (Å²) in [5, 5.41) is 23.0. The molecule has 6 aromatic rings. The van der Waals surface area contributed by atoms with Crippen LogP contribution < -0.4 is 20.9 Å². The fourth-order valence-corrected chi connectivity index (χ4v) is 7.42. The summed E-state index contributed by atoms with van der Waals surface area (Å²) in [5.74, 6) is -6.99. The molecule has 1 saturated carbocycles. The number of hydrogen-bond donors (Lipinski definition) is 4. The summed E-state index contributed by atoms with van der Waals surface area (Å²) in [6, 6.07) is 11.7. The molecule has 21 heteroatoms. The molecule has 0 radical (unpaired) electrons. The van der Waals surface area contributed by atoms with E-state index in [0.717, 1.165) is 41.4 Å². The second-order valence-electron chi connectivity index (χ2n) is 14.1. The smallest absolute Gasteiger partial charge is 0.326 e. The Morgan fingerprint density at radius 2 is 1.75 bits per heavy atom. The molecule has 13 nitrogen and oxygen atoms in total. The van der Waals surface area contributed by atoms with Gasteiger partial charge in [0, 0.05) is 43.4 Å². The number of halogens is 7. The first-order valence-electron chi connectivity index (χ1n) is 18.2. The fraction of sp³-hybridized carbons (Fsp3) is 0.282. The molecule has 1 aliphatic rings. The lowest BCUT2D eigenvalue weighted by atomic mass is 10.0. The standard InChI is InChI=1S/C39H35ClF6N10O3S/c1-48-34-31(8-7-26(40)33(34)35(47)53-60(2)59)56-36(50-29-16-22(5-6-25(29)37(56)58)28-10-12-55(52-28)19-39(45,46)38(43)44)30(15-20-13-23(41)17-24(42)14-20)49-32(57)18-54-11-9-27(51-54)21-3-4-21/h5-14,16-17,21,30,38,48H,3-4,15,18-19H2,1-2H3,(H2,47,53)(H,49,57). The molecule has 3 aromatic carbocycles. The third-order valence-electron chi connectivity index (χ3n) is 9.61. The van der Waals surface area contributed by atoms with E-state index in [1.807, 2.05) is 6.07 Å².